The average molecular weight is 288 g/mol. The molecule has 106 valence electrons. The number of ether oxygens (including phenoxy) is 1. The zero-order chi connectivity index (χ0) is 13.6. The summed E-state index contributed by atoms with van der Waals surface area (Å²) in [6.45, 7) is 4.50. The van der Waals surface area contributed by atoms with Gasteiger partial charge in [-0.15, -0.1) is 11.3 Å². The maximum atomic E-state index is 5.79. The highest BCUT2D eigenvalue weighted by Gasteiger charge is 2.10. The van der Waals surface area contributed by atoms with Crippen LogP contribution in [0.4, 0.5) is 0 Å². The van der Waals surface area contributed by atoms with Gasteiger partial charge in [0.2, 0.25) is 0 Å². The van der Waals surface area contributed by atoms with Crippen molar-refractivity contribution in [1.29, 1.82) is 0 Å². The summed E-state index contributed by atoms with van der Waals surface area (Å²) in [7, 11) is 0. The SMILES string of the molecule is c1csc(-c2ccc(OCCCN3CCCC3)cc2)n1. The monoisotopic (exact) mass is 288 g/mol. The number of hydrogen-bond acceptors (Lipinski definition) is 4. The molecule has 0 bridgehead atoms. The highest BCUT2D eigenvalue weighted by molar-refractivity contribution is 7.13. The number of hydrogen-bond donors (Lipinski definition) is 0. The third kappa shape index (κ3) is 3.58. The van der Waals surface area contributed by atoms with Gasteiger partial charge in [-0.1, -0.05) is 0 Å². The Balaban J connectivity index is 1.43. The zero-order valence-corrected chi connectivity index (χ0v) is 12.4. The predicted octanol–water partition coefficient (Wildman–Crippen LogP) is 3.67. The van der Waals surface area contributed by atoms with Crippen LogP contribution < -0.4 is 4.74 Å². The van der Waals surface area contributed by atoms with Crippen molar-refractivity contribution in [3.8, 4) is 16.3 Å². The Labute approximate surface area is 124 Å². The fourth-order valence-electron chi connectivity index (χ4n) is 2.54. The lowest BCUT2D eigenvalue weighted by Crippen LogP contribution is -2.21. The normalized spacial score (nSPS) is 15.6. The molecule has 0 aliphatic carbocycles. The molecule has 1 aromatic heterocycles. The first-order valence-electron chi connectivity index (χ1n) is 7.27. The first kappa shape index (κ1) is 13.6. The van der Waals surface area contributed by atoms with Crippen LogP contribution in [-0.2, 0) is 0 Å². The van der Waals surface area contributed by atoms with Gasteiger partial charge in [0, 0.05) is 23.7 Å². The van der Waals surface area contributed by atoms with Crippen molar-refractivity contribution < 1.29 is 4.74 Å². The van der Waals surface area contributed by atoms with E-state index in [1.54, 1.807) is 11.3 Å². The lowest BCUT2D eigenvalue weighted by atomic mass is 10.2. The molecule has 1 aliphatic rings. The molecule has 0 radical (unpaired) electrons. The van der Waals surface area contributed by atoms with Gasteiger partial charge in [0.1, 0.15) is 10.8 Å². The molecule has 2 aromatic rings. The summed E-state index contributed by atoms with van der Waals surface area (Å²) in [5.41, 5.74) is 1.16. The number of aromatic nitrogens is 1. The van der Waals surface area contributed by atoms with E-state index in [9.17, 15) is 0 Å². The summed E-state index contributed by atoms with van der Waals surface area (Å²) in [5.74, 6) is 0.951. The van der Waals surface area contributed by atoms with Crippen LogP contribution in [0.1, 0.15) is 19.3 Å². The van der Waals surface area contributed by atoms with Gasteiger partial charge in [0.05, 0.1) is 6.61 Å². The Bertz CT molecular complexity index is 504. The van der Waals surface area contributed by atoms with Gasteiger partial charge in [0.25, 0.3) is 0 Å². The van der Waals surface area contributed by atoms with Crippen LogP contribution in [0.5, 0.6) is 5.75 Å². The highest BCUT2D eigenvalue weighted by Crippen LogP contribution is 2.24. The van der Waals surface area contributed by atoms with Crippen LogP contribution in [-0.4, -0.2) is 36.1 Å². The minimum absolute atomic E-state index is 0.799. The number of thiazole rings is 1. The van der Waals surface area contributed by atoms with Crippen molar-refractivity contribution in [3.05, 3.63) is 35.8 Å². The number of rotatable bonds is 6. The summed E-state index contributed by atoms with van der Waals surface area (Å²) in [5, 5.41) is 3.06. The first-order chi connectivity index (χ1) is 9.92. The third-order valence-electron chi connectivity index (χ3n) is 3.62. The quantitative estimate of drug-likeness (QED) is 0.758. The van der Waals surface area contributed by atoms with Crippen LogP contribution in [0.3, 0.4) is 0 Å². The third-order valence-corrected chi connectivity index (χ3v) is 4.44. The molecule has 1 saturated heterocycles. The van der Waals surface area contributed by atoms with Crippen LogP contribution in [0, 0.1) is 0 Å². The average Bonchev–Trinajstić information content (AvgIpc) is 3.17. The van der Waals surface area contributed by atoms with Crippen molar-refractivity contribution in [2.75, 3.05) is 26.2 Å². The molecule has 3 rings (SSSR count). The zero-order valence-electron chi connectivity index (χ0n) is 11.6. The van der Waals surface area contributed by atoms with Crippen molar-refractivity contribution >= 4 is 11.3 Å². The van der Waals surface area contributed by atoms with Crippen LogP contribution >= 0.6 is 11.3 Å². The summed E-state index contributed by atoms with van der Waals surface area (Å²) in [4.78, 5) is 6.83. The molecular weight excluding hydrogens is 268 g/mol. The maximum absolute atomic E-state index is 5.79. The lowest BCUT2D eigenvalue weighted by molar-refractivity contribution is 0.263. The van der Waals surface area contributed by atoms with Gasteiger partial charge in [-0.3, -0.25) is 0 Å². The fraction of sp³-hybridized carbons (Fsp3) is 0.438. The van der Waals surface area contributed by atoms with Gasteiger partial charge in [-0.05, 0) is 56.6 Å². The molecule has 1 aromatic carbocycles. The van der Waals surface area contributed by atoms with Gasteiger partial charge >= 0.3 is 0 Å². The van der Waals surface area contributed by atoms with Crippen molar-refractivity contribution in [2.24, 2.45) is 0 Å². The molecule has 0 atom stereocenters. The summed E-state index contributed by atoms with van der Waals surface area (Å²) in [6.07, 6.45) is 5.66. The Hall–Kier alpha value is -1.39. The van der Waals surface area contributed by atoms with E-state index in [2.05, 4.69) is 22.0 Å². The number of benzene rings is 1. The molecule has 0 N–H and O–H groups in total. The molecule has 0 spiro atoms. The van der Waals surface area contributed by atoms with Crippen molar-refractivity contribution in [3.63, 3.8) is 0 Å². The number of nitrogens with zero attached hydrogens (tertiary/aromatic N) is 2. The van der Waals surface area contributed by atoms with Gasteiger partial charge in [-0.25, -0.2) is 4.98 Å². The van der Waals surface area contributed by atoms with Gasteiger partial charge in [-0.2, -0.15) is 0 Å². The van der Waals surface area contributed by atoms with E-state index < -0.39 is 0 Å². The minimum atomic E-state index is 0.799. The Morgan fingerprint density at radius 1 is 1.15 bits per heavy atom. The topological polar surface area (TPSA) is 25.4 Å². The highest BCUT2D eigenvalue weighted by atomic mass is 32.1. The molecule has 20 heavy (non-hydrogen) atoms. The molecule has 0 unspecified atom stereocenters. The van der Waals surface area contributed by atoms with E-state index >= 15 is 0 Å². The second kappa shape index (κ2) is 6.86. The van der Waals surface area contributed by atoms with Gasteiger partial charge < -0.3 is 9.64 Å². The summed E-state index contributed by atoms with van der Waals surface area (Å²) >= 11 is 1.66. The van der Waals surface area contributed by atoms with Crippen LogP contribution in [0.2, 0.25) is 0 Å². The van der Waals surface area contributed by atoms with Crippen molar-refractivity contribution in [1.82, 2.24) is 9.88 Å². The van der Waals surface area contributed by atoms with Crippen LogP contribution in [0.25, 0.3) is 10.6 Å². The second-order valence-corrected chi connectivity index (χ2v) is 6.01. The Kier molecular flexibility index (Phi) is 4.66. The molecule has 2 heterocycles. The second-order valence-electron chi connectivity index (χ2n) is 5.11. The molecule has 1 aliphatic heterocycles. The predicted molar refractivity (Wildman–Crippen MR) is 83.3 cm³/mol. The standard InChI is InChI=1S/C16H20N2OS/c1-2-10-18(9-1)11-3-12-19-15-6-4-14(5-7-15)16-17-8-13-20-16/h4-8,13H,1-3,9-12H2. The first-order valence-corrected chi connectivity index (χ1v) is 8.15. The van der Waals surface area contributed by atoms with Crippen LogP contribution in [0.15, 0.2) is 35.8 Å². The van der Waals surface area contributed by atoms with E-state index in [1.807, 2.05) is 23.7 Å². The molecule has 0 amide bonds. The Morgan fingerprint density at radius 3 is 2.65 bits per heavy atom. The van der Waals surface area contributed by atoms with Gasteiger partial charge in [0.15, 0.2) is 0 Å². The molecule has 3 nitrogen and oxygen atoms in total. The minimum Gasteiger partial charge on any atom is -0.494 e. The molecule has 0 saturated carbocycles. The molecular formula is C16H20N2OS. The smallest absolute Gasteiger partial charge is 0.123 e. The van der Waals surface area contributed by atoms with E-state index in [-0.39, 0.29) is 0 Å². The number of likely N-dealkylation sites (tertiary alicyclic amines) is 1. The van der Waals surface area contributed by atoms with Crippen molar-refractivity contribution in [2.45, 2.75) is 19.3 Å². The Morgan fingerprint density at radius 2 is 1.95 bits per heavy atom. The summed E-state index contributed by atoms with van der Waals surface area (Å²) < 4.78 is 5.79. The maximum Gasteiger partial charge on any atom is 0.123 e. The van der Waals surface area contributed by atoms with E-state index in [1.165, 1.54) is 25.9 Å². The lowest BCUT2D eigenvalue weighted by Gasteiger charge is -2.14. The molecule has 1 fully saturated rings. The molecule has 4 heteroatoms. The largest absolute Gasteiger partial charge is 0.494 e. The van der Waals surface area contributed by atoms with E-state index in [4.69, 9.17) is 4.74 Å². The van der Waals surface area contributed by atoms with E-state index in [0.29, 0.717) is 0 Å². The van der Waals surface area contributed by atoms with E-state index in [0.717, 1.165) is 35.9 Å². The fourth-order valence-corrected chi connectivity index (χ4v) is 3.19. The summed E-state index contributed by atoms with van der Waals surface area (Å²) in [6, 6.07) is 8.22.